The number of nitrogens with zero attached hydrogens (tertiary/aromatic N) is 3. The highest BCUT2D eigenvalue weighted by molar-refractivity contribution is 6.32. The van der Waals surface area contributed by atoms with E-state index in [1.807, 2.05) is 0 Å². The molecule has 1 aliphatic rings. The van der Waals surface area contributed by atoms with Gasteiger partial charge in [-0.05, 0) is 19.3 Å². The SMILES string of the molecule is COc1ncc(Cl)c(N2CCCCC2)n1. The van der Waals surface area contributed by atoms with E-state index in [2.05, 4.69) is 14.9 Å². The smallest absolute Gasteiger partial charge is 0.318 e. The minimum absolute atomic E-state index is 0.375. The normalized spacial score (nSPS) is 16.5. The van der Waals surface area contributed by atoms with Gasteiger partial charge in [0.05, 0.1) is 13.3 Å². The average Bonchev–Trinajstić information content (AvgIpc) is 2.31. The van der Waals surface area contributed by atoms with Crippen molar-refractivity contribution in [2.75, 3.05) is 25.1 Å². The number of methoxy groups -OCH3 is 1. The summed E-state index contributed by atoms with van der Waals surface area (Å²) in [6.45, 7) is 2.03. The van der Waals surface area contributed by atoms with E-state index in [4.69, 9.17) is 16.3 Å². The molecule has 15 heavy (non-hydrogen) atoms. The minimum Gasteiger partial charge on any atom is -0.467 e. The maximum atomic E-state index is 6.06. The quantitative estimate of drug-likeness (QED) is 0.776. The van der Waals surface area contributed by atoms with E-state index in [0.717, 1.165) is 18.9 Å². The van der Waals surface area contributed by atoms with Crippen molar-refractivity contribution in [1.29, 1.82) is 0 Å². The predicted octanol–water partition coefficient (Wildman–Crippen LogP) is 2.13. The van der Waals surface area contributed by atoms with Crippen LogP contribution in [0, 0.1) is 0 Å². The number of rotatable bonds is 2. The summed E-state index contributed by atoms with van der Waals surface area (Å²) in [5, 5.41) is 0.595. The Hall–Kier alpha value is -1.03. The molecular formula is C10H14ClN3O. The molecule has 0 radical (unpaired) electrons. The molecule has 0 bridgehead atoms. The van der Waals surface area contributed by atoms with Gasteiger partial charge in [-0.2, -0.15) is 4.98 Å². The highest BCUT2D eigenvalue weighted by Gasteiger charge is 2.16. The van der Waals surface area contributed by atoms with Crippen LogP contribution in [0.5, 0.6) is 6.01 Å². The molecule has 82 valence electrons. The van der Waals surface area contributed by atoms with Gasteiger partial charge in [0.2, 0.25) is 0 Å². The fourth-order valence-electron chi connectivity index (χ4n) is 1.77. The van der Waals surface area contributed by atoms with E-state index in [1.165, 1.54) is 19.3 Å². The van der Waals surface area contributed by atoms with E-state index in [-0.39, 0.29) is 0 Å². The maximum Gasteiger partial charge on any atom is 0.318 e. The van der Waals surface area contributed by atoms with E-state index in [0.29, 0.717) is 11.0 Å². The Morgan fingerprint density at radius 3 is 2.73 bits per heavy atom. The Morgan fingerprint density at radius 1 is 1.33 bits per heavy atom. The van der Waals surface area contributed by atoms with Crippen LogP contribution < -0.4 is 9.64 Å². The first-order chi connectivity index (χ1) is 7.31. The van der Waals surface area contributed by atoms with E-state index < -0.39 is 0 Å². The molecule has 4 nitrogen and oxygen atoms in total. The number of anilines is 1. The van der Waals surface area contributed by atoms with Crippen LogP contribution >= 0.6 is 11.6 Å². The molecule has 1 aromatic rings. The number of hydrogen-bond donors (Lipinski definition) is 0. The van der Waals surface area contributed by atoms with Gasteiger partial charge in [0.1, 0.15) is 5.02 Å². The molecule has 0 aromatic carbocycles. The molecule has 0 unspecified atom stereocenters. The lowest BCUT2D eigenvalue weighted by molar-refractivity contribution is 0.379. The van der Waals surface area contributed by atoms with Gasteiger partial charge < -0.3 is 9.64 Å². The molecule has 5 heteroatoms. The van der Waals surface area contributed by atoms with Gasteiger partial charge in [-0.25, -0.2) is 4.98 Å². The first kappa shape index (κ1) is 10.5. The average molecular weight is 228 g/mol. The summed E-state index contributed by atoms with van der Waals surface area (Å²) in [4.78, 5) is 10.4. The van der Waals surface area contributed by atoms with E-state index in [1.54, 1.807) is 13.3 Å². The van der Waals surface area contributed by atoms with Crippen molar-refractivity contribution in [3.63, 3.8) is 0 Å². The summed E-state index contributed by atoms with van der Waals surface area (Å²) in [6, 6.07) is 0.375. The third-order valence-electron chi connectivity index (χ3n) is 2.54. The summed E-state index contributed by atoms with van der Waals surface area (Å²) in [5.74, 6) is 0.795. The molecular weight excluding hydrogens is 214 g/mol. The van der Waals surface area contributed by atoms with Crippen LogP contribution in [0.3, 0.4) is 0 Å². The Morgan fingerprint density at radius 2 is 2.07 bits per heavy atom. The summed E-state index contributed by atoms with van der Waals surface area (Å²) in [7, 11) is 1.56. The van der Waals surface area contributed by atoms with Crippen molar-refractivity contribution in [3.05, 3.63) is 11.2 Å². The Kier molecular flexibility index (Phi) is 3.26. The van der Waals surface area contributed by atoms with Crippen molar-refractivity contribution >= 4 is 17.4 Å². The van der Waals surface area contributed by atoms with E-state index in [9.17, 15) is 0 Å². The zero-order chi connectivity index (χ0) is 10.7. The molecule has 2 heterocycles. The molecule has 0 amide bonds. The lowest BCUT2D eigenvalue weighted by Gasteiger charge is -2.28. The summed E-state index contributed by atoms with van der Waals surface area (Å²) >= 11 is 6.06. The highest BCUT2D eigenvalue weighted by atomic mass is 35.5. The van der Waals surface area contributed by atoms with Gasteiger partial charge in [0.15, 0.2) is 5.82 Å². The predicted molar refractivity (Wildman–Crippen MR) is 59.7 cm³/mol. The van der Waals surface area contributed by atoms with Gasteiger partial charge >= 0.3 is 6.01 Å². The third-order valence-corrected chi connectivity index (χ3v) is 2.81. The molecule has 1 saturated heterocycles. The molecule has 2 rings (SSSR count). The van der Waals surface area contributed by atoms with Crippen LogP contribution in [-0.4, -0.2) is 30.2 Å². The molecule has 0 saturated carbocycles. The molecule has 1 aromatic heterocycles. The topological polar surface area (TPSA) is 38.2 Å². The van der Waals surface area contributed by atoms with Gasteiger partial charge in [0.25, 0.3) is 0 Å². The number of piperidine rings is 1. The second kappa shape index (κ2) is 4.66. The Labute approximate surface area is 94.2 Å². The van der Waals surface area contributed by atoms with Gasteiger partial charge in [0, 0.05) is 13.1 Å². The largest absolute Gasteiger partial charge is 0.467 e. The number of aromatic nitrogens is 2. The molecule has 0 N–H and O–H groups in total. The first-order valence-corrected chi connectivity index (χ1v) is 5.50. The minimum atomic E-state index is 0.375. The van der Waals surface area contributed by atoms with Crippen LogP contribution in [0.1, 0.15) is 19.3 Å². The first-order valence-electron chi connectivity index (χ1n) is 5.13. The molecule has 0 aliphatic carbocycles. The van der Waals surface area contributed by atoms with Crippen LogP contribution in [-0.2, 0) is 0 Å². The van der Waals surface area contributed by atoms with Crippen molar-refractivity contribution in [1.82, 2.24) is 9.97 Å². The molecule has 1 fully saturated rings. The van der Waals surface area contributed by atoms with E-state index >= 15 is 0 Å². The summed E-state index contributed by atoms with van der Waals surface area (Å²) < 4.78 is 4.99. The third kappa shape index (κ3) is 2.31. The maximum absolute atomic E-state index is 6.06. The Balaban J connectivity index is 2.24. The monoisotopic (exact) mass is 227 g/mol. The lowest BCUT2D eigenvalue weighted by atomic mass is 10.1. The number of halogens is 1. The second-order valence-electron chi connectivity index (χ2n) is 3.58. The second-order valence-corrected chi connectivity index (χ2v) is 3.98. The Bertz CT molecular complexity index is 339. The van der Waals surface area contributed by atoms with Crippen molar-refractivity contribution < 1.29 is 4.74 Å². The lowest BCUT2D eigenvalue weighted by Crippen LogP contribution is -2.30. The van der Waals surface area contributed by atoms with Crippen LogP contribution in [0.15, 0.2) is 6.20 Å². The van der Waals surface area contributed by atoms with Crippen molar-refractivity contribution in [2.24, 2.45) is 0 Å². The fraction of sp³-hybridized carbons (Fsp3) is 0.600. The van der Waals surface area contributed by atoms with Gasteiger partial charge in [-0.15, -0.1) is 0 Å². The van der Waals surface area contributed by atoms with Gasteiger partial charge in [-0.3, -0.25) is 0 Å². The van der Waals surface area contributed by atoms with Gasteiger partial charge in [-0.1, -0.05) is 11.6 Å². The summed E-state index contributed by atoms with van der Waals surface area (Å²) in [5.41, 5.74) is 0. The van der Waals surface area contributed by atoms with Crippen LogP contribution in [0.2, 0.25) is 5.02 Å². The number of ether oxygens (including phenoxy) is 1. The molecule has 0 atom stereocenters. The zero-order valence-corrected chi connectivity index (χ0v) is 9.50. The fourth-order valence-corrected chi connectivity index (χ4v) is 1.98. The highest BCUT2D eigenvalue weighted by Crippen LogP contribution is 2.26. The molecule has 1 aliphatic heterocycles. The number of hydrogen-bond acceptors (Lipinski definition) is 4. The van der Waals surface area contributed by atoms with Crippen LogP contribution in [0.25, 0.3) is 0 Å². The van der Waals surface area contributed by atoms with Crippen molar-refractivity contribution in [3.8, 4) is 6.01 Å². The van der Waals surface area contributed by atoms with Crippen LogP contribution in [0.4, 0.5) is 5.82 Å². The molecule has 0 spiro atoms. The summed E-state index contributed by atoms with van der Waals surface area (Å²) in [6.07, 6.45) is 5.28. The zero-order valence-electron chi connectivity index (χ0n) is 8.74. The standard InChI is InChI=1S/C10H14ClN3O/c1-15-10-12-7-8(11)9(13-10)14-5-3-2-4-6-14/h7H,2-6H2,1H3. The van der Waals surface area contributed by atoms with Crippen molar-refractivity contribution in [2.45, 2.75) is 19.3 Å².